The second kappa shape index (κ2) is 5.54. The van der Waals surface area contributed by atoms with Gasteiger partial charge in [0.2, 0.25) is 0 Å². The van der Waals surface area contributed by atoms with Gasteiger partial charge in [-0.25, -0.2) is 0 Å². The minimum atomic E-state index is -0.522. The van der Waals surface area contributed by atoms with E-state index in [1.54, 1.807) is 0 Å². The molecule has 2 N–H and O–H groups in total. The summed E-state index contributed by atoms with van der Waals surface area (Å²) in [4.78, 5) is 0. The van der Waals surface area contributed by atoms with Gasteiger partial charge < -0.3 is 19.7 Å². The zero-order valence-corrected chi connectivity index (χ0v) is 7.87. The van der Waals surface area contributed by atoms with E-state index in [0.29, 0.717) is 38.9 Å². The molecule has 0 atom stereocenters. The third kappa shape index (κ3) is 3.23. The van der Waals surface area contributed by atoms with Crippen LogP contribution < -0.4 is 0 Å². The summed E-state index contributed by atoms with van der Waals surface area (Å²) >= 11 is 0. The van der Waals surface area contributed by atoms with Crippen LogP contribution in [0.2, 0.25) is 0 Å². The van der Waals surface area contributed by atoms with Crippen LogP contribution in [-0.2, 0) is 9.47 Å². The lowest BCUT2D eigenvalue weighted by molar-refractivity contribution is -0.170. The van der Waals surface area contributed by atoms with E-state index in [1.807, 2.05) is 0 Å². The monoisotopic (exact) mass is 190 g/mol. The average Bonchev–Trinajstić information content (AvgIpc) is 2.61. The second-order valence-corrected chi connectivity index (χ2v) is 3.26. The molecule has 1 aliphatic heterocycles. The van der Waals surface area contributed by atoms with Crippen LogP contribution >= 0.6 is 0 Å². The summed E-state index contributed by atoms with van der Waals surface area (Å²) in [5.41, 5.74) is 0. The van der Waals surface area contributed by atoms with Gasteiger partial charge in [-0.05, 0) is 12.8 Å². The molecule has 1 fully saturated rings. The van der Waals surface area contributed by atoms with E-state index in [0.717, 1.165) is 0 Å². The van der Waals surface area contributed by atoms with Crippen LogP contribution in [-0.4, -0.2) is 42.4 Å². The summed E-state index contributed by atoms with van der Waals surface area (Å²) in [6.07, 6.45) is 2.80. The Balaban J connectivity index is 2.33. The van der Waals surface area contributed by atoms with E-state index in [2.05, 4.69) is 0 Å². The summed E-state index contributed by atoms with van der Waals surface area (Å²) < 4.78 is 11.0. The van der Waals surface area contributed by atoms with Crippen molar-refractivity contribution in [1.29, 1.82) is 0 Å². The molecule has 1 heterocycles. The Bertz CT molecular complexity index is 122. The number of rotatable bonds is 6. The SMILES string of the molecule is OCCCC1(CCCO)OCCO1. The molecule has 13 heavy (non-hydrogen) atoms. The lowest BCUT2D eigenvalue weighted by Crippen LogP contribution is -2.30. The highest BCUT2D eigenvalue weighted by molar-refractivity contribution is 4.74. The van der Waals surface area contributed by atoms with Crippen LogP contribution in [0.5, 0.6) is 0 Å². The number of ether oxygens (including phenoxy) is 2. The molecule has 1 aliphatic rings. The predicted octanol–water partition coefficient (Wildman–Crippen LogP) is 0.275. The molecule has 0 amide bonds. The van der Waals surface area contributed by atoms with Crippen LogP contribution in [0, 0.1) is 0 Å². The third-order valence-corrected chi connectivity index (χ3v) is 2.25. The van der Waals surface area contributed by atoms with Gasteiger partial charge in [-0.3, -0.25) is 0 Å². The van der Waals surface area contributed by atoms with E-state index in [1.165, 1.54) is 0 Å². The molecular formula is C9H18O4. The first kappa shape index (κ1) is 10.9. The Morgan fingerprint density at radius 1 is 0.923 bits per heavy atom. The molecule has 4 nitrogen and oxygen atoms in total. The number of aliphatic hydroxyl groups is 2. The summed E-state index contributed by atoms with van der Waals surface area (Å²) in [6.45, 7) is 1.56. The lowest BCUT2D eigenvalue weighted by Gasteiger charge is -2.26. The van der Waals surface area contributed by atoms with Crippen molar-refractivity contribution in [2.45, 2.75) is 31.5 Å². The van der Waals surface area contributed by atoms with Crippen LogP contribution in [0.1, 0.15) is 25.7 Å². The van der Waals surface area contributed by atoms with Crippen molar-refractivity contribution < 1.29 is 19.7 Å². The standard InChI is InChI=1S/C9H18O4/c10-5-1-3-9(4-2-6-11)12-7-8-13-9/h10-11H,1-8H2. The quantitative estimate of drug-likeness (QED) is 0.631. The Hall–Kier alpha value is -0.160. The van der Waals surface area contributed by atoms with E-state index in [9.17, 15) is 0 Å². The van der Waals surface area contributed by atoms with Crippen molar-refractivity contribution in [2.75, 3.05) is 26.4 Å². The summed E-state index contributed by atoms with van der Waals surface area (Å²) in [5.74, 6) is -0.522. The Labute approximate surface area is 78.5 Å². The highest BCUT2D eigenvalue weighted by atomic mass is 16.7. The Kier molecular flexibility index (Phi) is 4.66. The van der Waals surface area contributed by atoms with Gasteiger partial charge >= 0.3 is 0 Å². The minimum absolute atomic E-state index is 0.160. The maximum atomic E-state index is 8.71. The summed E-state index contributed by atoms with van der Waals surface area (Å²) in [7, 11) is 0. The number of hydrogen-bond acceptors (Lipinski definition) is 4. The van der Waals surface area contributed by atoms with Gasteiger partial charge in [0.15, 0.2) is 5.79 Å². The van der Waals surface area contributed by atoms with Crippen molar-refractivity contribution in [3.05, 3.63) is 0 Å². The topological polar surface area (TPSA) is 58.9 Å². The van der Waals surface area contributed by atoms with Crippen LogP contribution in [0.15, 0.2) is 0 Å². The molecule has 0 aromatic rings. The zero-order chi connectivity index (χ0) is 9.57. The average molecular weight is 190 g/mol. The first-order chi connectivity index (χ1) is 6.33. The van der Waals surface area contributed by atoms with Crippen molar-refractivity contribution in [1.82, 2.24) is 0 Å². The molecule has 1 saturated heterocycles. The van der Waals surface area contributed by atoms with E-state index >= 15 is 0 Å². The first-order valence-electron chi connectivity index (χ1n) is 4.83. The Morgan fingerprint density at radius 2 is 1.38 bits per heavy atom. The van der Waals surface area contributed by atoms with Gasteiger partial charge in [-0.15, -0.1) is 0 Å². The normalized spacial score (nSPS) is 20.8. The van der Waals surface area contributed by atoms with Crippen molar-refractivity contribution in [3.8, 4) is 0 Å². The molecule has 0 unspecified atom stereocenters. The molecule has 0 aromatic carbocycles. The largest absolute Gasteiger partial charge is 0.396 e. The molecule has 78 valence electrons. The van der Waals surface area contributed by atoms with Gasteiger partial charge in [0.05, 0.1) is 13.2 Å². The van der Waals surface area contributed by atoms with E-state index in [-0.39, 0.29) is 13.2 Å². The Morgan fingerprint density at radius 3 is 1.77 bits per heavy atom. The van der Waals surface area contributed by atoms with Gasteiger partial charge in [0.1, 0.15) is 0 Å². The lowest BCUT2D eigenvalue weighted by atomic mass is 10.1. The number of aliphatic hydroxyl groups excluding tert-OH is 2. The number of hydrogen-bond donors (Lipinski definition) is 2. The van der Waals surface area contributed by atoms with Gasteiger partial charge in [0.25, 0.3) is 0 Å². The molecule has 0 aliphatic carbocycles. The highest BCUT2D eigenvalue weighted by Gasteiger charge is 2.34. The minimum Gasteiger partial charge on any atom is -0.396 e. The van der Waals surface area contributed by atoms with Gasteiger partial charge in [-0.1, -0.05) is 0 Å². The predicted molar refractivity (Wildman–Crippen MR) is 47.3 cm³/mol. The van der Waals surface area contributed by atoms with Crippen LogP contribution in [0.25, 0.3) is 0 Å². The molecule has 1 rings (SSSR count). The fraction of sp³-hybridized carbons (Fsp3) is 1.00. The maximum absolute atomic E-state index is 8.71. The molecule has 0 aromatic heterocycles. The smallest absolute Gasteiger partial charge is 0.168 e. The molecule has 4 heteroatoms. The zero-order valence-electron chi connectivity index (χ0n) is 7.87. The van der Waals surface area contributed by atoms with Gasteiger partial charge in [0, 0.05) is 26.1 Å². The van der Waals surface area contributed by atoms with Crippen molar-refractivity contribution >= 4 is 0 Å². The van der Waals surface area contributed by atoms with E-state index < -0.39 is 5.79 Å². The molecule has 0 saturated carbocycles. The highest BCUT2D eigenvalue weighted by Crippen LogP contribution is 2.29. The van der Waals surface area contributed by atoms with Gasteiger partial charge in [-0.2, -0.15) is 0 Å². The maximum Gasteiger partial charge on any atom is 0.168 e. The molecule has 0 radical (unpaired) electrons. The van der Waals surface area contributed by atoms with Crippen molar-refractivity contribution in [2.24, 2.45) is 0 Å². The third-order valence-electron chi connectivity index (χ3n) is 2.25. The van der Waals surface area contributed by atoms with Crippen molar-refractivity contribution in [3.63, 3.8) is 0 Å². The summed E-state index contributed by atoms with van der Waals surface area (Å²) in [6, 6.07) is 0. The summed E-state index contributed by atoms with van der Waals surface area (Å²) in [5, 5.41) is 17.4. The molecular weight excluding hydrogens is 172 g/mol. The van der Waals surface area contributed by atoms with E-state index in [4.69, 9.17) is 19.7 Å². The second-order valence-electron chi connectivity index (χ2n) is 3.26. The van der Waals surface area contributed by atoms with Crippen LogP contribution in [0.3, 0.4) is 0 Å². The molecule has 0 spiro atoms. The fourth-order valence-electron chi connectivity index (χ4n) is 1.61. The molecule has 0 bridgehead atoms. The fourth-order valence-corrected chi connectivity index (χ4v) is 1.61. The first-order valence-corrected chi connectivity index (χ1v) is 4.83. The van der Waals surface area contributed by atoms with Crippen LogP contribution in [0.4, 0.5) is 0 Å².